The van der Waals surface area contributed by atoms with Gasteiger partial charge in [-0.3, -0.25) is 13.9 Å². The van der Waals surface area contributed by atoms with Crippen LogP contribution in [0.3, 0.4) is 0 Å². The molecule has 5 heteroatoms. The van der Waals surface area contributed by atoms with Gasteiger partial charge in [0.05, 0.1) is 0 Å². The third-order valence-electron chi connectivity index (χ3n) is 4.85. The maximum absolute atomic E-state index is 12.3. The van der Waals surface area contributed by atoms with E-state index in [4.69, 9.17) is 0 Å². The van der Waals surface area contributed by atoms with Crippen LogP contribution in [-0.2, 0) is 17.3 Å². The van der Waals surface area contributed by atoms with Crippen LogP contribution in [0, 0.1) is 5.92 Å². The molecule has 2 aromatic carbocycles. The second-order valence-corrected chi connectivity index (χ2v) is 8.30. The molecular weight excluding hydrogens is 344 g/mol. The SMILES string of the molecule is C[S@](=O)c1ccc(C(=O)NC[C@H]2CCCN(Cc3ccccc3)C2)cc1. The fourth-order valence-corrected chi connectivity index (χ4v) is 3.96. The van der Waals surface area contributed by atoms with E-state index in [-0.39, 0.29) is 5.91 Å². The number of nitrogens with one attached hydrogen (secondary N) is 1. The van der Waals surface area contributed by atoms with Gasteiger partial charge < -0.3 is 5.32 Å². The number of hydrogen-bond acceptors (Lipinski definition) is 3. The van der Waals surface area contributed by atoms with Crippen LogP contribution in [0.5, 0.6) is 0 Å². The van der Waals surface area contributed by atoms with E-state index in [1.54, 1.807) is 30.5 Å². The second-order valence-electron chi connectivity index (χ2n) is 6.92. The number of benzene rings is 2. The molecule has 0 bridgehead atoms. The summed E-state index contributed by atoms with van der Waals surface area (Å²) < 4.78 is 11.4. The zero-order valence-electron chi connectivity index (χ0n) is 15.2. The van der Waals surface area contributed by atoms with Crippen molar-refractivity contribution >= 4 is 16.7 Å². The topological polar surface area (TPSA) is 49.4 Å². The molecule has 1 fully saturated rings. The normalized spacial score (nSPS) is 19.0. The summed E-state index contributed by atoms with van der Waals surface area (Å²) in [5.41, 5.74) is 1.96. The van der Waals surface area contributed by atoms with Crippen molar-refractivity contribution < 1.29 is 9.00 Å². The minimum absolute atomic E-state index is 0.0568. The number of hydrogen-bond donors (Lipinski definition) is 1. The smallest absolute Gasteiger partial charge is 0.251 e. The van der Waals surface area contributed by atoms with Gasteiger partial charge in [-0.2, -0.15) is 0 Å². The van der Waals surface area contributed by atoms with Gasteiger partial charge in [-0.1, -0.05) is 30.3 Å². The Morgan fingerprint density at radius 2 is 1.88 bits per heavy atom. The molecule has 1 amide bonds. The van der Waals surface area contributed by atoms with E-state index >= 15 is 0 Å². The van der Waals surface area contributed by atoms with E-state index in [0.29, 0.717) is 18.0 Å². The third kappa shape index (κ3) is 5.26. The zero-order chi connectivity index (χ0) is 18.4. The molecule has 2 aromatic rings. The summed E-state index contributed by atoms with van der Waals surface area (Å²) in [7, 11) is -1.02. The Labute approximate surface area is 158 Å². The van der Waals surface area contributed by atoms with Crippen molar-refractivity contribution in [2.75, 3.05) is 25.9 Å². The second kappa shape index (κ2) is 9.10. The van der Waals surface area contributed by atoms with Crippen molar-refractivity contribution in [3.63, 3.8) is 0 Å². The molecule has 1 aliphatic rings. The molecule has 0 spiro atoms. The van der Waals surface area contributed by atoms with Crippen molar-refractivity contribution in [1.29, 1.82) is 0 Å². The van der Waals surface area contributed by atoms with Crippen molar-refractivity contribution in [2.45, 2.75) is 24.3 Å². The van der Waals surface area contributed by atoms with Crippen LogP contribution < -0.4 is 5.32 Å². The lowest BCUT2D eigenvalue weighted by Gasteiger charge is -2.32. The molecule has 26 heavy (non-hydrogen) atoms. The molecule has 138 valence electrons. The van der Waals surface area contributed by atoms with Gasteiger partial charge in [0.25, 0.3) is 5.91 Å². The Hall–Kier alpha value is -1.98. The summed E-state index contributed by atoms with van der Waals surface area (Å²) in [6, 6.07) is 17.5. The molecule has 1 heterocycles. The molecule has 0 saturated carbocycles. The van der Waals surface area contributed by atoms with E-state index in [2.05, 4.69) is 34.5 Å². The van der Waals surface area contributed by atoms with Crippen LogP contribution in [0.15, 0.2) is 59.5 Å². The van der Waals surface area contributed by atoms with E-state index in [0.717, 1.165) is 31.0 Å². The Morgan fingerprint density at radius 1 is 1.15 bits per heavy atom. The Morgan fingerprint density at radius 3 is 2.58 bits per heavy atom. The molecule has 3 rings (SSSR count). The van der Waals surface area contributed by atoms with Gasteiger partial charge in [-0.05, 0) is 55.1 Å². The fourth-order valence-electron chi connectivity index (χ4n) is 3.44. The molecule has 2 atom stereocenters. The lowest BCUT2D eigenvalue weighted by atomic mass is 9.97. The van der Waals surface area contributed by atoms with Crippen LogP contribution in [0.4, 0.5) is 0 Å². The van der Waals surface area contributed by atoms with Crippen LogP contribution in [0.2, 0.25) is 0 Å². The highest BCUT2D eigenvalue weighted by Crippen LogP contribution is 2.18. The monoisotopic (exact) mass is 370 g/mol. The minimum atomic E-state index is -1.02. The zero-order valence-corrected chi connectivity index (χ0v) is 16.0. The average molecular weight is 371 g/mol. The molecule has 4 nitrogen and oxygen atoms in total. The number of carbonyl (C=O) groups excluding carboxylic acids is 1. The standard InChI is InChI=1S/C21H26N2O2S/c1-26(25)20-11-9-19(10-12-20)21(24)22-14-18-8-5-13-23(16-18)15-17-6-3-2-4-7-17/h2-4,6-7,9-12,18H,5,8,13-16H2,1H3,(H,22,24)/t18-,26+/m1/s1. The predicted octanol–water partition coefficient (Wildman–Crippen LogP) is 3.07. The summed E-state index contributed by atoms with van der Waals surface area (Å²) in [5.74, 6) is 0.428. The van der Waals surface area contributed by atoms with Gasteiger partial charge in [0.15, 0.2) is 0 Å². The highest BCUT2D eigenvalue weighted by atomic mass is 32.2. The highest BCUT2D eigenvalue weighted by molar-refractivity contribution is 7.84. The van der Waals surface area contributed by atoms with E-state index in [1.165, 1.54) is 12.0 Å². The molecule has 0 unspecified atom stereocenters. The fraction of sp³-hybridized carbons (Fsp3) is 0.381. The minimum Gasteiger partial charge on any atom is -0.352 e. The predicted molar refractivity (Wildman–Crippen MR) is 106 cm³/mol. The number of rotatable bonds is 6. The lowest BCUT2D eigenvalue weighted by Crippen LogP contribution is -2.40. The van der Waals surface area contributed by atoms with Crippen LogP contribution in [0.25, 0.3) is 0 Å². The first-order chi connectivity index (χ1) is 12.6. The quantitative estimate of drug-likeness (QED) is 0.850. The molecule has 1 N–H and O–H groups in total. The van der Waals surface area contributed by atoms with E-state index < -0.39 is 10.8 Å². The van der Waals surface area contributed by atoms with Crippen LogP contribution >= 0.6 is 0 Å². The summed E-state index contributed by atoms with van der Waals surface area (Å²) in [5, 5.41) is 3.06. The van der Waals surface area contributed by atoms with E-state index in [1.807, 2.05) is 6.07 Å². The number of amides is 1. The first-order valence-corrected chi connectivity index (χ1v) is 10.7. The molecule has 0 aromatic heterocycles. The van der Waals surface area contributed by atoms with E-state index in [9.17, 15) is 9.00 Å². The largest absolute Gasteiger partial charge is 0.352 e. The number of piperidine rings is 1. The van der Waals surface area contributed by atoms with Crippen molar-refractivity contribution in [2.24, 2.45) is 5.92 Å². The maximum atomic E-state index is 12.3. The first-order valence-electron chi connectivity index (χ1n) is 9.10. The molecular formula is C21H26N2O2S. The van der Waals surface area contributed by atoms with Gasteiger partial charge in [0, 0.05) is 47.1 Å². The van der Waals surface area contributed by atoms with Crippen molar-refractivity contribution in [1.82, 2.24) is 10.2 Å². The highest BCUT2D eigenvalue weighted by Gasteiger charge is 2.20. The molecule has 0 aliphatic carbocycles. The van der Waals surface area contributed by atoms with Crippen molar-refractivity contribution in [3.05, 3.63) is 65.7 Å². The Balaban J connectivity index is 1.49. The van der Waals surface area contributed by atoms with Gasteiger partial charge in [0.1, 0.15) is 0 Å². The summed E-state index contributed by atoms with van der Waals surface area (Å²) in [4.78, 5) is 15.6. The number of likely N-dealkylation sites (tertiary alicyclic amines) is 1. The third-order valence-corrected chi connectivity index (χ3v) is 5.79. The van der Waals surface area contributed by atoms with Gasteiger partial charge in [-0.25, -0.2) is 0 Å². The summed E-state index contributed by atoms with van der Waals surface area (Å²) >= 11 is 0. The van der Waals surface area contributed by atoms with Crippen LogP contribution in [-0.4, -0.2) is 40.9 Å². The molecule has 1 saturated heterocycles. The first kappa shape index (κ1) is 18.8. The summed E-state index contributed by atoms with van der Waals surface area (Å²) in [6.07, 6.45) is 3.96. The van der Waals surface area contributed by atoms with Gasteiger partial charge in [-0.15, -0.1) is 0 Å². The average Bonchev–Trinajstić information content (AvgIpc) is 2.67. The maximum Gasteiger partial charge on any atom is 0.251 e. The molecule has 1 aliphatic heterocycles. The lowest BCUT2D eigenvalue weighted by molar-refractivity contribution is 0.0930. The van der Waals surface area contributed by atoms with Gasteiger partial charge >= 0.3 is 0 Å². The summed E-state index contributed by atoms with van der Waals surface area (Å²) in [6.45, 7) is 3.81. The van der Waals surface area contributed by atoms with Crippen LogP contribution in [0.1, 0.15) is 28.8 Å². The van der Waals surface area contributed by atoms with Gasteiger partial charge in [0.2, 0.25) is 0 Å². The number of carbonyl (C=O) groups is 1. The molecule has 0 radical (unpaired) electrons. The number of nitrogens with zero attached hydrogens (tertiary/aromatic N) is 1. The Kier molecular flexibility index (Phi) is 6.58. The van der Waals surface area contributed by atoms with Crippen molar-refractivity contribution in [3.8, 4) is 0 Å². The Bertz CT molecular complexity index is 746.